The van der Waals surface area contributed by atoms with Crippen LogP contribution in [0.1, 0.15) is 57.8 Å². The van der Waals surface area contributed by atoms with Crippen LogP contribution in [0.5, 0.6) is 5.75 Å². The number of rotatable bonds is 8. The molecule has 1 amide bonds. The third-order valence-corrected chi connectivity index (χ3v) is 6.14. The van der Waals surface area contributed by atoms with Gasteiger partial charge in [0.15, 0.2) is 11.6 Å². The number of carbonyl (C=O) groups excluding carboxylic acids is 4. The molecule has 3 aromatic rings. The Bertz CT molecular complexity index is 1240. The molecule has 2 aromatic carbocycles. The number of amides is 1. The van der Waals surface area contributed by atoms with Crippen LogP contribution in [0.25, 0.3) is 0 Å². The topological polar surface area (TPSA) is 96.5 Å². The van der Waals surface area contributed by atoms with Gasteiger partial charge in [0.2, 0.25) is 5.78 Å². The molecule has 1 N–H and O–H groups in total. The number of benzene rings is 2. The molecule has 0 spiro atoms. The number of aryl methyl sites for hydroxylation is 1. The lowest BCUT2D eigenvalue weighted by Crippen LogP contribution is -2.31. The van der Waals surface area contributed by atoms with E-state index in [-0.39, 0.29) is 5.78 Å². The normalized spacial score (nSPS) is 17.8. The molecule has 0 radical (unpaired) electrons. The summed E-state index contributed by atoms with van der Waals surface area (Å²) in [7, 11) is 1.54. The molecule has 1 aliphatic rings. The van der Waals surface area contributed by atoms with Crippen molar-refractivity contribution in [2.24, 2.45) is 5.92 Å². The van der Waals surface area contributed by atoms with E-state index in [1.54, 1.807) is 74.7 Å². The molecule has 4 rings (SSSR count). The summed E-state index contributed by atoms with van der Waals surface area (Å²) in [5, 5.41) is 0. The highest BCUT2D eigenvalue weighted by atomic mass is 16.5. The van der Waals surface area contributed by atoms with E-state index in [0.717, 1.165) is 0 Å². The first kappa shape index (κ1) is 23.2. The van der Waals surface area contributed by atoms with Crippen molar-refractivity contribution in [1.29, 1.82) is 0 Å². The minimum Gasteiger partial charge on any atom is -0.497 e. The Kier molecular flexibility index (Phi) is 6.45. The number of ketones is 3. The average molecular weight is 459 g/mol. The zero-order valence-corrected chi connectivity index (χ0v) is 19.3. The van der Waals surface area contributed by atoms with Crippen molar-refractivity contribution in [3.05, 3.63) is 83.0 Å². The third kappa shape index (κ3) is 4.05. The van der Waals surface area contributed by atoms with Crippen LogP contribution in [0.15, 0.2) is 60.7 Å². The van der Waals surface area contributed by atoms with Crippen LogP contribution >= 0.6 is 0 Å². The molecule has 2 atom stereocenters. The first-order chi connectivity index (χ1) is 16.4. The van der Waals surface area contributed by atoms with Gasteiger partial charge in [-0.2, -0.15) is 0 Å². The smallest absolute Gasteiger partial charge is 0.296 e. The molecule has 34 heavy (non-hydrogen) atoms. The number of Topliss-reactive ketones (excluding diaryl/α,β-unsaturated/α-hetero) is 3. The second kappa shape index (κ2) is 9.47. The Balaban J connectivity index is 1.83. The predicted octanol–water partition coefficient (Wildman–Crippen LogP) is 4.47. The molecule has 0 saturated carbocycles. The van der Waals surface area contributed by atoms with E-state index in [2.05, 4.69) is 4.98 Å². The summed E-state index contributed by atoms with van der Waals surface area (Å²) in [5.74, 6) is -2.32. The Labute approximate surface area is 197 Å². The fourth-order valence-corrected chi connectivity index (χ4v) is 4.44. The van der Waals surface area contributed by atoms with Gasteiger partial charge in [0.1, 0.15) is 17.5 Å². The van der Waals surface area contributed by atoms with Gasteiger partial charge >= 0.3 is 0 Å². The van der Waals surface area contributed by atoms with Gasteiger partial charge in [0.05, 0.1) is 13.2 Å². The third-order valence-electron chi connectivity index (χ3n) is 6.14. The standard InChI is InChI=1S/C27H26N2O5/c1-4-8-21(30)20-15-22(28-16(20)2)29-24(17-11-13-19(34-3)14-12-17)23(26(32)27(29)33)25(31)18-9-6-5-7-10-18/h5-7,9-15,23-24,28H,4,8H2,1-3H3. The summed E-state index contributed by atoms with van der Waals surface area (Å²) >= 11 is 0. The maximum Gasteiger partial charge on any atom is 0.296 e. The van der Waals surface area contributed by atoms with E-state index in [9.17, 15) is 19.2 Å². The van der Waals surface area contributed by atoms with Crippen molar-refractivity contribution >= 4 is 29.1 Å². The largest absolute Gasteiger partial charge is 0.497 e. The lowest BCUT2D eigenvalue weighted by Gasteiger charge is -2.26. The lowest BCUT2D eigenvalue weighted by atomic mass is 9.86. The van der Waals surface area contributed by atoms with Crippen LogP contribution < -0.4 is 9.64 Å². The molecular formula is C27H26N2O5. The van der Waals surface area contributed by atoms with Crippen LogP contribution in [-0.2, 0) is 9.59 Å². The number of hydrogen-bond donors (Lipinski definition) is 1. The molecule has 7 nitrogen and oxygen atoms in total. The SMILES string of the molecule is CCCC(=O)c1cc(N2C(=O)C(=O)C(C(=O)c3ccccc3)C2c2ccc(OC)cc2)[nH]c1C. The number of hydrogen-bond acceptors (Lipinski definition) is 5. The summed E-state index contributed by atoms with van der Waals surface area (Å²) in [5.41, 5.74) is 2.06. The number of ether oxygens (including phenoxy) is 1. The van der Waals surface area contributed by atoms with E-state index in [1.165, 1.54) is 4.90 Å². The lowest BCUT2D eigenvalue weighted by molar-refractivity contribution is -0.135. The van der Waals surface area contributed by atoms with E-state index in [0.29, 0.717) is 46.8 Å². The van der Waals surface area contributed by atoms with Crippen molar-refractivity contribution in [1.82, 2.24) is 4.98 Å². The van der Waals surface area contributed by atoms with Gasteiger partial charge < -0.3 is 9.72 Å². The van der Waals surface area contributed by atoms with Gasteiger partial charge in [0.25, 0.3) is 5.91 Å². The number of aromatic nitrogens is 1. The van der Waals surface area contributed by atoms with Crippen molar-refractivity contribution < 1.29 is 23.9 Å². The summed E-state index contributed by atoms with van der Waals surface area (Å²) < 4.78 is 5.24. The van der Waals surface area contributed by atoms with E-state index >= 15 is 0 Å². The molecular weight excluding hydrogens is 432 g/mol. The van der Waals surface area contributed by atoms with Crippen LogP contribution in [0.2, 0.25) is 0 Å². The predicted molar refractivity (Wildman–Crippen MR) is 127 cm³/mol. The number of aromatic amines is 1. The minimum atomic E-state index is -1.22. The van der Waals surface area contributed by atoms with Gasteiger partial charge in [0, 0.05) is 23.2 Å². The minimum absolute atomic E-state index is 0.0432. The fraction of sp³-hybridized carbons (Fsp3) is 0.259. The zero-order valence-electron chi connectivity index (χ0n) is 19.3. The van der Waals surface area contributed by atoms with Crippen LogP contribution in [-0.4, -0.2) is 35.4 Å². The summed E-state index contributed by atoms with van der Waals surface area (Å²) in [4.78, 5) is 56.9. The highest BCUT2D eigenvalue weighted by Gasteiger charge is 2.52. The molecule has 2 unspecified atom stereocenters. The van der Waals surface area contributed by atoms with E-state index in [4.69, 9.17) is 4.74 Å². The average Bonchev–Trinajstić information content (AvgIpc) is 3.36. The van der Waals surface area contributed by atoms with Gasteiger partial charge in [-0.3, -0.25) is 24.1 Å². The van der Waals surface area contributed by atoms with Crippen molar-refractivity contribution in [2.75, 3.05) is 12.0 Å². The van der Waals surface area contributed by atoms with Crippen LogP contribution in [0, 0.1) is 12.8 Å². The van der Waals surface area contributed by atoms with Crippen molar-refractivity contribution in [3.8, 4) is 5.75 Å². The molecule has 1 fully saturated rings. The van der Waals surface area contributed by atoms with Gasteiger partial charge in [-0.1, -0.05) is 49.4 Å². The van der Waals surface area contributed by atoms with Crippen LogP contribution in [0.4, 0.5) is 5.82 Å². The summed E-state index contributed by atoms with van der Waals surface area (Å²) in [6.07, 6.45) is 1.07. The quantitative estimate of drug-likeness (QED) is 0.305. The Hall–Kier alpha value is -4.00. The zero-order chi connectivity index (χ0) is 24.4. The Morgan fingerprint density at radius 2 is 1.71 bits per heavy atom. The van der Waals surface area contributed by atoms with E-state index in [1.807, 2.05) is 6.92 Å². The Morgan fingerprint density at radius 3 is 2.32 bits per heavy atom. The summed E-state index contributed by atoms with van der Waals surface area (Å²) in [6.45, 7) is 3.67. The first-order valence-electron chi connectivity index (χ1n) is 11.2. The molecule has 7 heteroatoms. The number of anilines is 1. The molecule has 0 bridgehead atoms. The van der Waals surface area contributed by atoms with Gasteiger partial charge in [-0.05, 0) is 37.1 Å². The van der Waals surface area contributed by atoms with Gasteiger partial charge in [-0.25, -0.2) is 0 Å². The number of H-pyrrole nitrogens is 1. The Morgan fingerprint density at radius 1 is 1.03 bits per heavy atom. The van der Waals surface area contributed by atoms with E-state index < -0.39 is 29.4 Å². The number of carbonyl (C=O) groups is 4. The molecule has 1 saturated heterocycles. The maximum atomic E-state index is 13.5. The fourth-order valence-electron chi connectivity index (χ4n) is 4.44. The van der Waals surface area contributed by atoms with Gasteiger partial charge in [-0.15, -0.1) is 0 Å². The maximum absolute atomic E-state index is 13.5. The number of nitrogens with zero attached hydrogens (tertiary/aromatic N) is 1. The monoisotopic (exact) mass is 458 g/mol. The number of methoxy groups -OCH3 is 1. The second-order valence-corrected chi connectivity index (χ2v) is 8.33. The molecule has 1 aromatic heterocycles. The summed E-state index contributed by atoms with van der Waals surface area (Å²) in [6, 6.07) is 16.1. The highest BCUT2D eigenvalue weighted by Crippen LogP contribution is 2.41. The first-order valence-corrected chi connectivity index (χ1v) is 11.2. The molecule has 2 heterocycles. The highest BCUT2D eigenvalue weighted by molar-refractivity contribution is 6.48. The number of nitrogens with one attached hydrogen (secondary N) is 1. The van der Waals surface area contributed by atoms with Crippen LogP contribution in [0.3, 0.4) is 0 Å². The molecule has 1 aliphatic heterocycles. The van der Waals surface area contributed by atoms with Crippen molar-refractivity contribution in [3.63, 3.8) is 0 Å². The molecule has 0 aliphatic carbocycles. The van der Waals surface area contributed by atoms with Crippen molar-refractivity contribution in [2.45, 2.75) is 32.7 Å². The molecule has 174 valence electrons. The second-order valence-electron chi connectivity index (χ2n) is 8.33.